The van der Waals surface area contributed by atoms with Gasteiger partial charge in [-0.25, -0.2) is 18.8 Å². The average Bonchev–Trinajstić information content (AvgIpc) is 3.11. The number of benzene rings is 2. The van der Waals surface area contributed by atoms with Crippen molar-refractivity contribution >= 4 is 35.4 Å². The highest BCUT2D eigenvalue weighted by Crippen LogP contribution is 2.27. The highest BCUT2D eigenvalue weighted by Gasteiger charge is 2.25. The molecule has 1 amide bonds. The summed E-state index contributed by atoms with van der Waals surface area (Å²) in [5.41, 5.74) is 2.03. The van der Waals surface area contributed by atoms with Crippen LogP contribution in [0.2, 0.25) is 5.02 Å². The van der Waals surface area contributed by atoms with Gasteiger partial charge in [0.15, 0.2) is 5.82 Å². The van der Waals surface area contributed by atoms with Crippen LogP contribution in [-0.4, -0.2) is 39.5 Å². The number of aromatic nitrogens is 3. The number of hydrogen-bond acceptors (Lipinski definition) is 7. The lowest BCUT2D eigenvalue weighted by atomic mass is 10.00. The van der Waals surface area contributed by atoms with E-state index in [2.05, 4.69) is 25.1 Å². The molecule has 2 heterocycles. The molecule has 0 radical (unpaired) electrons. The van der Waals surface area contributed by atoms with Crippen molar-refractivity contribution in [3.63, 3.8) is 0 Å². The quantitative estimate of drug-likeness (QED) is 0.396. The van der Waals surface area contributed by atoms with Gasteiger partial charge in [0.1, 0.15) is 5.82 Å². The molecule has 4 rings (SSSR count). The number of hydrogen-bond donors (Lipinski definition) is 3. The number of carbonyl (C=O) groups is 1. The smallest absolute Gasteiger partial charge is 0.291 e. The number of nitrogens with zero attached hydrogens (tertiary/aromatic N) is 4. The Morgan fingerprint density at radius 1 is 1.23 bits per heavy atom. The molecule has 4 N–H and O–H groups in total. The van der Waals surface area contributed by atoms with Crippen LogP contribution in [0, 0.1) is 5.82 Å². The fraction of sp³-hybridized carbons (Fsp3) is 0.158. The molecule has 3 aromatic rings. The minimum Gasteiger partial charge on any atom is -0.348 e. The van der Waals surface area contributed by atoms with Crippen LogP contribution in [-0.2, 0) is 6.54 Å². The SMILES string of the molecule is NSNCCNC(=O)c1nc2n(n1)-c1ccc(Cl)cc1C(c1ccccc1F)=NC2. The molecular weight excluding hydrogens is 429 g/mol. The minimum absolute atomic E-state index is 0.0239. The monoisotopic (exact) mass is 445 g/mol. The Morgan fingerprint density at radius 2 is 2.07 bits per heavy atom. The van der Waals surface area contributed by atoms with Gasteiger partial charge in [-0.15, -0.1) is 5.10 Å². The zero-order chi connectivity index (χ0) is 21.1. The van der Waals surface area contributed by atoms with Crippen LogP contribution in [0.25, 0.3) is 5.69 Å². The van der Waals surface area contributed by atoms with Gasteiger partial charge in [0.25, 0.3) is 5.91 Å². The summed E-state index contributed by atoms with van der Waals surface area (Å²) in [6, 6.07) is 11.6. The van der Waals surface area contributed by atoms with Gasteiger partial charge in [0.05, 0.1) is 17.9 Å². The third-order valence-electron chi connectivity index (χ3n) is 4.42. The van der Waals surface area contributed by atoms with E-state index in [1.807, 2.05) is 0 Å². The normalized spacial score (nSPS) is 12.6. The molecule has 0 saturated carbocycles. The molecule has 1 aromatic heterocycles. The van der Waals surface area contributed by atoms with Gasteiger partial charge in [-0.2, -0.15) is 0 Å². The summed E-state index contributed by atoms with van der Waals surface area (Å²) >= 11 is 7.19. The Bertz CT molecular complexity index is 1130. The lowest BCUT2D eigenvalue weighted by Crippen LogP contribution is -2.31. The van der Waals surface area contributed by atoms with Gasteiger partial charge in [-0.3, -0.25) is 14.9 Å². The Morgan fingerprint density at radius 3 is 2.87 bits per heavy atom. The number of rotatable bonds is 6. The van der Waals surface area contributed by atoms with E-state index in [4.69, 9.17) is 16.7 Å². The van der Waals surface area contributed by atoms with Gasteiger partial charge in [-0.05, 0) is 30.3 Å². The first-order chi connectivity index (χ1) is 14.6. The third-order valence-corrected chi connectivity index (χ3v) is 5.03. The standard InChI is InChI=1S/C19H17ClFN7OS/c20-11-5-6-15-13(9-11)17(12-3-1-2-4-14(12)21)24-10-16-26-18(27-28(15)16)19(29)23-7-8-25-30-22/h1-6,9,25H,7-8,10,22H2,(H,23,29). The summed E-state index contributed by atoms with van der Waals surface area (Å²) in [4.78, 5) is 21.3. The lowest BCUT2D eigenvalue weighted by Gasteiger charge is -2.11. The minimum atomic E-state index is -0.409. The van der Waals surface area contributed by atoms with Gasteiger partial charge < -0.3 is 5.32 Å². The van der Waals surface area contributed by atoms with Crippen molar-refractivity contribution < 1.29 is 9.18 Å². The van der Waals surface area contributed by atoms with Crippen LogP contribution in [0.3, 0.4) is 0 Å². The van der Waals surface area contributed by atoms with Crippen molar-refractivity contribution in [3.8, 4) is 5.69 Å². The number of halogens is 2. The highest BCUT2D eigenvalue weighted by atomic mass is 35.5. The maximum Gasteiger partial charge on any atom is 0.291 e. The first-order valence-corrected chi connectivity index (χ1v) is 10.3. The molecule has 0 atom stereocenters. The fourth-order valence-electron chi connectivity index (χ4n) is 3.10. The van der Waals surface area contributed by atoms with Crippen LogP contribution in [0.4, 0.5) is 4.39 Å². The average molecular weight is 446 g/mol. The molecule has 1 aliphatic heterocycles. The second kappa shape index (κ2) is 8.92. The molecule has 0 aliphatic carbocycles. The lowest BCUT2D eigenvalue weighted by molar-refractivity contribution is 0.0944. The van der Waals surface area contributed by atoms with Gasteiger partial charge in [0.2, 0.25) is 5.82 Å². The zero-order valence-electron chi connectivity index (χ0n) is 15.6. The summed E-state index contributed by atoms with van der Waals surface area (Å²) < 4.78 is 18.9. The largest absolute Gasteiger partial charge is 0.348 e. The molecule has 8 nitrogen and oxygen atoms in total. The number of amides is 1. The van der Waals surface area contributed by atoms with E-state index in [-0.39, 0.29) is 18.2 Å². The zero-order valence-corrected chi connectivity index (χ0v) is 17.2. The molecule has 0 bridgehead atoms. The fourth-order valence-corrected chi connectivity index (χ4v) is 3.49. The summed E-state index contributed by atoms with van der Waals surface area (Å²) in [6.45, 7) is 0.994. The molecule has 0 fully saturated rings. The van der Waals surface area contributed by atoms with Gasteiger partial charge in [0, 0.05) is 41.4 Å². The van der Waals surface area contributed by atoms with Crippen LogP contribution >= 0.6 is 23.7 Å². The van der Waals surface area contributed by atoms with Gasteiger partial charge >= 0.3 is 0 Å². The second-order valence-corrected chi connectivity index (χ2v) is 7.30. The van der Waals surface area contributed by atoms with E-state index in [1.165, 1.54) is 6.07 Å². The predicted octanol–water partition coefficient (Wildman–Crippen LogP) is 2.25. The highest BCUT2D eigenvalue weighted by molar-refractivity contribution is 7.95. The first-order valence-electron chi connectivity index (χ1n) is 9.01. The predicted molar refractivity (Wildman–Crippen MR) is 114 cm³/mol. The van der Waals surface area contributed by atoms with E-state index in [1.54, 1.807) is 41.1 Å². The number of carbonyl (C=O) groups excluding carboxylic acids is 1. The van der Waals surface area contributed by atoms with Crippen molar-refractivity contribution in [3.05, 3.63) is 76.1 Å². The van der Waals surface area contributed by atoms with Crippen molar-refractivity contribution in [2.24, 2.45) is 10.1 Å². The van der Waals surface area contributed by atoms with E-state index in [0.717, 1.165) is 12.1 Å². The summed E-state index contributed by atoms with van der Waals surface area (Å²) in [5, 5.41) is 12.8. The molecule has 2 aromatic carbocycles. The summed E-state index contributed by atoms with van der Waals surface area (Å²) in [5.74, 6) is -0.311. The van der Waals surface area contributed by atoms with Crippen LogP contribution in [0.15, 0.2) is 47.5 Å². The van der Waals surface area contributed by atoms with Crippen LogP contribution in [0.1, 0.15) is 27.6 Å². The van der Waals surface area contributed by atoms with Gasteiger partial charge in [-0.1, -0.05) is 23.7 Å². The maximum atomic E-state index is 14.5. The Kier molecular flexibility index (Phi) is 6.09. The number of nitrogens with one attached hydrogen (secondary N) is 2. The first kappa shape index (κ1) is 20.5. The summed E-state index contributed by atoms with van der Waals surface area (Å²) in [7, 11) is 0. The number of aliphatic imine (C=N–C) groups is 1. The van der Waals surface area contributed by atoms with Crippen LogP contribution < -0.4 is 15.2 Å². The molecule has 30 heavy (non-hydrogen) atoms. The molecular formula is C19H17ClFN7OS. The third kappa shape index (κ3) is 4.08. The number of fused-ring (bicyclic) bond motifs is 3. The Hall–Kier alpha value is -2.79. The molecule has 0 unspecified atom stereocenters. The number of nitrogens with two attached hydrogens (primary N) is 1. The van der Waals surface area contributed by atoms with E-state index >= 15 is 0 Å². The topological polar surface area (TPSA) is 110 Å². The van der Waals surface area contributed by atoms with Crippen molar-refractivity contribution in [2.45, 2.75) is 6.54 Å². The van der Waals surface area contributed by atoms with E-state index < -0.39 is 5.91 Å². The Balaban J connectivity index is 1.72. The van der Waals surface area contributed by atoms with Crippen LogP contribution in [0.5, 0.6) is 0 Å². The molecule has 0 saturated heterocycles. The van der Waals surface area contributed by atoms with E-state index in [9.17, 15) is 9.18 Å². The second-order valence-electron chi connectivity index (χ2n) is 6.34. The maximum absolute atomic E-state index is 14.5. The summed E-state index contributed by atoms with van der Waals surface area (Å²) in [6.07, 6.45) is 0. The molecule has 0 spiro atoms. The molecule has 11 heteroatoms. The van der Waals surface area contributed by atoms with Crippen molar-refractivity contribution in [1.82, 2.24) is 24.8 Å². The molecule has 1 aliphatic rings. The van der Waals surface area contributed by atoms with Crippen molar-refractivity contribution in [2.75, 3.05) is 13.1 Å². The van der Waals surface area contributed by atoms with Crippen molar-refractivity contribution in [1.29, 1.82) is 0 Å². The molecule has 154 valence electrons. The Labute approximate surface area is 181 Å². The van der Waals surface area contributed by atoms with E-state index in [0.29, 0.717) is 46.5 Å².